The quantitative estimate of drug-likeness (QED) is 0.583. The summed E-state index contributed by atoms with van der Waals surface area (Å²) in [6, 6.07) is 10.7. The van der Waals surface area contributed by atoms with Gasteiger partial charge in [-0.05, 0) is 36.4 Å². The van der Waals surface area contributed by atoms with E-state index in [1.54, 1.807) is 25.3 Å². The lowest BCUT2D eigenvalue weighted by Gasteiger charge is -2.11. The number of methoxy groups -OCH3 is 1. The van der Waals surface area contributed by atoms with Crippen molar-refractivity contribution in [2.24, 2.45) is 0 Å². The molecule has 0 spiro atoms. The standard InChI is InChI=1S/C17H15Cl3N2O2/c1-23-7-6-22-15-9-12(19)2-4-14(15)21-17(22)10-24-16-5-3-11(18)8-13(16)20/h2-5,8-9H,6-7,10H2,1H3. The van der Waals surface area contributed by atoms with Crippen molar-refractivity contribution >= 4 is 45.8 Å². The van der Waals surface area contributed by atoms with Gasteiger partial charge in [0.1, 0.15) is 18.2 Å². The van der Waals surface area contributed by atoms with E-state index in [4.69, 9.17) is 44.3 Å². The molecule has 2 aromatic carbocycles. The highest BCUT2D eigenvalue weighted by molar-refractivity contribution is 6.35. The van der Waals surface area contributed by atoms with Crippen LogP contribution in [0.25, 0.3) is 11.0 Å². The number of hydrogen-bond acceptors (Lipinski definition) is 3. The minimum absolute atomic E-state index is 0.275. The maximum atomic E-state index is 6.14. The molecule has 0 atom stereocenters. The molecule has 0 aliphatic rings. The first-order chi connectivity index (χ1) is 11.6. The summed E-state index contributed by atoms with van der Waals surface area (Å²) in [4.78, 5) is 4.62. The van der Waals surface area contributed by atoms with Crippen molar-refractivity contribution in [2.75, 3.05) is 13.7 Å². The zero-order valence-corrected chi connectivity index (χ0v) is 15.2. The van der Waals surface area contributed by atoms with Crippen LogP contribution < -0.4 is 4.74 Å². The van der Waals surface area contributed by atoms with Gasteiger partial charge in [-0.15, -0.1) is 0 Å². The summed E-state index contributed by atoms with van der Waals surface area (Å²) in [7, 11) is 1.66. The Morgan fingerprint density at radius 1 is 1.04 bits per heavy atom. The lowest BCUT2D eigenvalue weighted by atomic mass is 10.3. The number of nitrogens with zero attached hydrogens (tertiary/aromatic N) is 2. The molecule has 0 fully saturated rings. The molecule has 0 aliphatic heterocycles. The highest BCUT2D eigenvalue weighted by Gasteiger charge is 2.13. The van der Waals surface area contributed by atoms with E-state index < -0.39 is 0 Å². The molecule has 0 bridgehead atoms. The van der Waals surface area contributed by atoms with Crippen LogP contribution in [0.15, 0.2) is 36.4 Å². The Bertz CT molecular complexity index is 864. The fourth-order valence-corrected chi connectivity index (χ4v) is 3.05. The summed E-state index contributed by atoms with van der Waals surface area (Å²) in [5, 5.41) is 1.69. The van der Waals surface area contributed by atoms with E-state index in [2.05, 4.69) is 4.98 Å². The van der Waals surface area contributed by atoms with Crippen LogP contribution in [0.2, 0.25) is 15.1 Å². The Morgan fingerprint density at radius 2 is 1.79 bits per heavy atom. The average Bonchev–Trinajstić information content (AvgIpc) is 2.89. The highest BCUT2D eigenvalue weighted by Crippen LogP contribution is 2.28. The SMILES string of the molecule is COCCn1c(COc2ccc(Cl)cc2Cl)nc2ccc(Cl)cc21. The van der Waals surface area contributed by atoms with Gasteiger partial charge in [-0.2, -0.15) is 0 Å². The van der Waals surface area contributed by atoms with Crippen molar-refractivity contribution in [3.8, 4) is 5.75 Å². The number of ether oxygens (including phenoxy) is 2. The summed E-state index contributed by atoms with van der Waals surface area (Å²) in [6.45, 7) is 1.49. The molecule has 126 valence electrons. The zero-order valence-electron chi connectivity index (χ0n) is 12.9. The minimum atomic E-state index is 0.275. The molecule has 0 unspecified atom stereocenters. The van der Waals surface area contributed by atoms with Crippen LogP contribution in [0.3, 0.4) is 0 Å². The van der Waals surface area contributed by atoms with Crippen LogP contribution >= 0.6 is 34.8 Å². The zero-order chi connectivity index (χ0) is 17.1. The molecule has 3 aromatic rings. The molecule has 0 radical (unpaired) electrons. The molecule has 0 saturated heterocycles. The monoisotopic (exact) mass is 384 g/mol. The maximum absolute atomic E-state index is 6.14. The molecule has 7 heteroatoms. The van der Waals surface area contributed by atoms with Crippen LogP contribution in [-0.4, -0.2) is 23.3 Å². The van der Waals surface area contributed by atoms with Gasteiger partial charge in [0.15, 0.2) is 0 Å². The molecule has 3 rings (SSSR count). The topological polar surface area (TPSA) is 36.3 Å². The van der Waals surface area contributed by atoms with E-state index in [1.807, 2.05) is 22.8 Å². The number of halogens is 3. The number of hydrogen-bond donors (Lipinski definition) is 0. The Kier molecular flexibility index (Phi) is 5.51. The molecular formula is C17H15Cl3N2O2. The van der Waals surface area contributed by atoms with Gasteiger partial charge in [0.2, 0.25) is 0 Å². The lowest BCUT2D eigenvalue weighted by Crippen LogP contribution is -2.10. The van der Waals surface area contributed by atoms with Gasteiger partial charge in [0.05, 0.1) is 22.7 Å². The van der Waals surface area contributed by atoms with Gasteiger partial charge in [-0.3, -0.25) is 0 Å². The molecule has 0 amide bonds. The normalized spacial score (nSPS) is 11.2. The average molecular weight is 386 g/mol. The Hall–Kier alpha value is -1.46. The van der Waals surface area contributed by atoms with Gasteiger partial charge in [-0.1, -0.05) is 34.8 Å². The molecular weight excluding hydrogens is 371 g/mol. The van der Waals surface area contributed by atoms with Crippen LogP contribution in [0, 0.1) is 0 Å². The van der Waals surface area contributed by atoms with Crippen molar-refractivity contribution in [1.29, 1.82) is 0 Å². The van der Waals surface area contributed by atoms with Crippen molar-refractivity contribution in [1.82, 2.24) is 9.55 Å². The second-order valence-electron chi connectivity index (χ2n) is 5.17. The fraction of sp³-hybridized carbons (Fsp3) is 0.235. The number of imidazole rings is 1. The lowest BCUT2D eigenvalue weighted by molar-refractivity contribution is 0.185. The third-order valence-corrected chi connectivity index (χ3v) is 4.32. The summed E-state index contributed by atoms with van der Waals surface area (Å²) in [5.74, 6) is 1.33. The maximum Gasteiger partial charge on any atom is 0.148 e. The van der Waals surface area contributed by atoms with Gasteiger partial charge in [-0.25, -0.2) is 4.98 Å². The van der Waals surface area contributed by atoms with Crippen molar-refractivity contribution in [3.63, 3.8) is 0 Å². The molecule has 1 heterocycles. The Labute approximate surface area is 154 Å². The Balaban J connectivity index is 1.90. The number of aromatic nitrogens is 2. The number of rotatable bonds is 6. The third-order valence-electron chi connectivity index (χ3n) is 3.56. The summed E-state index contributed by atoms with van der Waals surface area (Å²) in [6.07, 6.45) is 0. The molecule has 0 N–H and O–H groups in total. The molecule has 24 heavy (non-hydrogen) atoms. The molecule has 4 nitrogen and oxygen atoms in total. The van der Waals surface area contributed by atoms with Crippen LogP contribution in [0.4, 0.5) is 0 Å². The van der Waals surface area contributed by atoms with E-state index in [-0.39, 0.29) is 6.61 Å². The minimum Gasteiger partial charge on any atom is -0.484 e. The smallest absolute Gasteiger partial charge is 0.148 e. The van der Waals surface area contributed by atoms with Crippen molar-refractivity contribution in [2.45, 2.75) is 13.2 Å². The molecule has 0 saturated carbocycles. The van der Waals surface area contributed by atoms with E-state index in [0.717, 1.165) is 16.9 Å². The highest BCUT2D eigenvalue weighted by atomic mass is 35.5. The van der Waals surface area contributed by atoms with Crippen molar-refractivity contribution in [3.05, 3.63) is 57.3 Å². The first-order valence-corrected chi connectivity index (χ1v) is 8.43. The summed E-state index contributed by atoms with van der Waals surface area (Å²) >= 11 is 18.2. The first kappa shape index (κ1) is 17.4. The van der Waals surface area contributed by atoms with E-state index in [1.165, 1.54) is 0 Å². The largest absolute Gasteiger partial charge is 0.484 e. The Morgan fingerprint density at radius 3 is 2.54 bits per heavy atom. The van der Waals surface area contributed by atoms with Crippen LogP contribution in [0.5, 0.6) is 5.75 Å². The van der Waals surface area contributed by atoms with Crippen LogP contribution in [0.1, 0.15) is 5.82 Å². The number of benzene rings is 2. The van der Waals surface area contributed by atoms with Gasteiger partial charge in [0, 0.05) is 23.7 Å². The summed E-state index contributed by atoms with van der Waals surface area (Å²) in [5.41, 5.74) is 1.80. The number of fused-ring (bicyclic) bond motifs is 1. The first-order valence-electron chi connectivity index (χ1n) is 7.30. The van der Waals surface area contributed by atoms with Gasteiger partial charge in [0.25, 0.3) is 0 Å². The fourth-order valence-electron chi connectivity index (χ4n) is 2.42. The van der Waals surface area contributed by atoms with Gasteiger partial charge < -0.3 is 14.0 Å². The molecule has 1 aromatic heterocycles. The van der Waals surface area contributed by atoms with Crippen molar-refractivity contribution < 1.29 is 9.47 Å². The van der Waals surface area contributed by atoms with E-state index in [9.17, 15) is 0 Å². The van der Waals surface area contributed by atoms with E-state index >= 15 is 0 Å². The summed E-state index contributed by atoms with van der Waals surface area (Å²) < 4.78 is 13.0. The molecule has 0 aliphatic carbocycles. The second-order valence-corrected chi connectivity index (χ2v) is 6.45. The third kappa shape index (κ3) is 3.78. The second kappa shape index (κ2) is 7.62. The van der Waals surface area contributed by atoms with E-state index in [0.29, 0.717) is 34.0 Å². The van der Waals surface area contributed by atoms with Gasteiger partial charge >= 0.3 is 0 Å². The predicted octanol–water partition coefficient (Wildman–Crippen LogP) is 5.22. The predicted molar refractivity (Wildman–Crippen MR) is 97.4 cm³/mol. The van der Waals surface area contributed by atoms with Crippen LogP contribution in [-0.2, 0) is 17.9 Å².